The van der Waals surface area contributed by atoms with E-state index in [1.165, 1.54) is 0 Å². The molecular weight excluding hydrogens is 1210 g/mol. The molecule has 1 saturated carbocycles. The number of esters is 11. The van der Waals surface area contributed by atoms with E-state index in [0.29, 0.717) is 19.3 Å². The van der Waals surface area contributed by atoms with Crippen LogP contribution in [0, 0.1) is 38.4 Å². The third kappa shape index (κ3) is 29.7. The van der Waals surface area contributed by atoms with Crippen molar-refractivity contribution in [3.05, 3.63) is 127 Å². The minimum Gasteiger partial charge on any atom is -0.465 e. The van der Waals surface area contributed by atoms with Gasteiger partial charge in [0, 0.05) is 67.3 Å². The Hall–Kier alpha value is -9.08. The lowest BCUT2D eigenvalue weighted by atomic mass is 9.53. The minimum atomic E-state index is -1.69. The Morgan fingerprint density at radius 2 is 0.609 bits per heavy atom. The van der Waals surface area contributed by atoms with E-state index >= 15 is 0 Å². The average Bonchev–Trinajstić information content (AvgIpc) is 0.781. The fourth-order valence-corrected chi connectivity index (χ4v) is 8.99. The summed E-state index contributed by atoms with van der Waals surface area (Å²) in [6.45, 7) is 30.3. The second-order valence-electron chi connectivity index (χ2n) is 22.5. The first-order valence-corrected chi connectivity index (χ1v) is 28.6. The summed E-state index contributed by atoms with van der Waals surface area (Å²) in [7, 11) is 0. The van der Waals surface area contributed by atoms with Crippen molar-refractivity contribution in [2.75, 3.05) is 119 Å². The number of hydrogen-bond donors (Lipinski definition) is 1. The topological polar surface area (TPSA) is 346 Å². The normalized spacial score (nSPS) is 16.1. The number of hydrogen-bond acceptors (Lipinski definition) is 26. The standard InChI is InChI=1S/C65H87NO26/c1-14-49(68)82-36-62(37-83-50(69)15-2,32-80-33-63(38-84-51(70)16-3,39-85-52(71)17-4)40-86-53(72)18-5)31-79-30-48(67)66-27-26-60(12)25-24-47(11)28-61(60,13)29-59(78)92-46-65(44-90-57(76)22-9,45-91-58(77)23-10)35-81-34-64(41-87-54(73)19-6,42-88-55(74)20-7)43-89-56(75)21-8/h14-23,47H,1-10,24-46H2,11-13H3,(H,66,67). The van der Waals surface area contributed by atoms with E-state index in [2.05, 4.69) is 71.1 Å². The van der Waals surface area contributed by atoms with Crippen molar-refractivity contribution in [1.29, 1.82) is 0 Å². The quantitative estimate of drug-likeness (QED) is 0.0496. The first-order valence-electron chi connectivity index (χ1n) is 28.6. The van der Waals surface area contributed by atoms with Crippen LogP contribution in [-0.2, 0) is 124 Å². The predicted octanol–water partition coefficient (Wildman–Crippen LogP) is 4.55. The zero-order valence-electron chi connectivity index (χ0n) is 52.8. The van der Waals surface area contributed by atoms with E-state index in [1.807, 2.05) is 20.8 Å². The molecule has 1 aliphatic rings. The molecule has 0 aliphatic heterocycles. The molecule has 3 unspecified atom stereocenters. The maximum atomic E-state index is 14.3. The Balaban J connectivity index is 3.58. The van der Waals surface area contributed by atoms with Crippen molar-refractivity contribution >= 4 is 71.6 Å². The van der Waals surface area contributed by atoms with Gasteiger partial charge in [-0.25, -0.2) is 47.9 Å². The largest absolute Gasteiger partial charge is 0.465 e. The SMILES string of the molecule is C=CC(=O)OCC(COCC(=O)NCCC1(C)CCC(C)CC1(C)CC(=O)OCC(COCC(COC(=O)C=C)(COC(=O)C=C)COC(=O)C=C)(COC(=O)C=C)COC(=O)C=C)(COCC(COC(=O)C=C)(COC(=O)C=C)COC(=O)C=C)COC(=O)C=C. The lowest BCUT2D eigenvalue weighted by Gasteiger charge is -2.52. The monoisotopic (exact) mass is 1300 g/mol. The highest BCUT2D eigenvalue weighted by molar-refractivity contribution is 5.85. The van der Waals surface area contributed by atoms with Crippen molar-refractivity contribution in [2.24, 2.45) is 38.4 Å². The van der Waals surface area contributed by atoms with Gasteiger partial charge in [-0.05, 0) is 36.0 Å². The maximum Gasteiger partial charge on any atom is 0.330 e. The van der Waals surface area contributed by atoms with E-state index in [-0.39, 0.29) is 18.9 Å². The Kier molecular flexibility index (Phi) is 36.4. The molecule has 1 amide bonds. The Morgan fingerprint density at radius 3 is 0.870 bits per heavy atom. The van der Waals surface area contributed by atoms with Gasteiger partial charge in [-0.1, -0.05) is 93.0 Å². The van der Waals surface area contributed by atoms with Crippen LogP contribution in [-0.4, -0.2) is 190 Å². The molecule has 0 saturated heterocycles. The van der Waals surface area contributed by atoms with Gasteiger partial charge >= 0.3 is 65.7 Å². The van der Waals surface area contributed by atoms with E-state index in [4.69, 9.17) is 66.3 Å². The molecule has 0 aromatic heterocycles. The first-order chi connectivity index (χ1) is 43.5. The van der Waals surface area contributed by atoms with Crippen molar-refractivity contribution in [3.8, 4) is 0 Å². The van der Waals surface area contributed by atoms with E-state index < -0.39 is 216 Å². The Morgan fingerprint density at radius 1 is 0.370 bits per heavy atom. The number of rotatable bonds is 49. The molecule has 1 N–H and O–H groups in total. The molecule has 0 aromatic rings. The van der Waals surface area contributed by atoms with Gasteiger partial charge in [-0.15, -0.1) is 0 Å². The summed E-state index contributed by atoms with van der Waals surface area (Å²) >= 11 is 0. The zero-order valence-corrected chi connectivity index (χ0v) is 52.8. The van der Waals surface area contributed by atoms with Crippen LogP contribution < -0.4 is 5.32 Å². The molecule has 0 aromatic carbocycles. The number of amides is 1. The highest BCUT2D eigenvalue weighted by Gasteiger charge is 2.50. The summed E-state index contributed by atoms with van der Waals surface area (Å²) in [5.74, 6) is -10.2. The van der Waals surface area contributed by atoms with Gasteiger partial charge in [0.05, 0.1) is 61.1 Å². The minimum absolute atomic E-state index is 0.0723. The summed E-state index contributed by atoms with van der Waals surface area (Å²) in [5, 5.41) is 2.84. The van der Waals surface area contributed by atoms with Crippen molar-refractivity contribution in [3.63, 3.8) is 0 Å². The molecule has 27 nitrogen and oxygen atoms in total. The van der Waals surface area contributed by atoms with Crippen LogP contribution in [0.2, 0.25) is 0 Å². The molecule has 27 heteroatoms. The summed E-state index contributed by atoms with van der Waals surface area (Å²) in [4.78, 5) is 152. The molecule has 508 valence electrons. The van der Waals surface area contributed by atoms with Crippen LogP contribution in [0.5, 0.6) is 0 Å². The van der Waals surface area contributed by atoms with Crippen molar-refractivity contribution < 1.29 is 124 Å². The molecule has 1 aliphatic carbocycles. The number of nitrogens with one attached hydrogen (secondary N) is 1. The Labute approximate surface area is 535 Å². The molecule has 3 atom stereocenters. The van der Waals surface area contributed by atoms with E-state index in [1.54, 1.807) is 0 Å². The second-order valence-corrected chi connectivity index (χ2v) is 22.5. The summed E-state index contributed by atoms with van der Waals surface area (Å²) in [6.07, 6.45) is 10.7. The van der Waals surface area contributed by atoms with Crippen LogP contribution >= 0.6 is 0 Å². The fourth-order valence-electron chi connectivity index (χ4n) is 8.99. The number of carbonyl (C=O) groups is 12. The lowest BCUT2D eigenvalue weighted by molar-refractivity contribution is -0.174. The number of ether oxygens (including phenoxy) is 14. The van der Waals surface area contributed by atoms with E-state index in [9.17, 15) is 57.5 Å². The number of carbonyl (C=O) groups excluding carboxylic acids is 12. The molecule has 0 radical (unpaired) electrons. The fraction of sp³-hybridized carbons (Fsp3) is 0.508. The van der Waals surface area contributed by atoms with Crippen molar-refractivity contribution in [1.82, 2.24) is 5.32 Å². The predicted molar refractivity (Wildman–Crippen MR) is 326 cm³/mol. The van der Waals surface area contributed by atoms with Gasteiger partial charge in [0.2, 0.25) is 5.91 Å². The van der Waals surface area contributed by atoms with Gasteiger partial charge in [0.25, 0.3) is 0 Å². The molecule has 0 heterocycles. The van der Waals surface area contributed by atoms with E-state index in [0.717, 1.165) is 67.2 Å². The summed E-state index contributed by atoms with van der Waals surface area (Å²) in [6, 6.07) is 0. The van der Waals surface area contributed by atoms with Crippen LogP contribution in [0.15, 0.2) is 127 Å². The molecule has 1 rings (SSSR count). The summed E-state index contributed by atoms with van der Waals surface area (Å²) < 4.78 is 77.6. The molecule has 0 bridgehead atoms. The average molecular weight is 1300 g/mol. The smallest absolute Gasteiger partial charge is 0.330 e. The lowest BCUT2D eigenvalue weighted by Crippen LogP contribution is -2.48. The molecule has 1 fully saturated rings. The third-order valence-electron chi connectivity index (χ3n) is 14.7. The summed E-state index contributed by atoms with van der Waals surface area (Å²) in [5.41, 5.74) is -7.98. The van der Waals surface area contributed by atoms with Gasteiger partial charge in [0.15, 0.2) is 0 Å². The zero-order chi connectivity index (χ0) is 69.4. The van der Waals surface area contributed by atoms with Gasteiger partial charge < -0.3 is 71.6 Å². The highest BCUT2D eigenvalue weighted by Crippen LogP contribution is 2.56. The van der Waals surface area contributed by atoms with Crippen LogP contribution in [0.4, 0.5) is 0 Å². The third-order valence-corrected chi connectivity index (χ3v) is 14.7. The van der Waals surface area contributed by atoms with Gasteiger partial charge in [-0.2, -0.15) is 0 Å². The molecular formula is C65H87NO26. The highest BCUT2D eigenvalue weighted by atomic mass is 16.6. The molecule has 92 heavy (non-hydrogen) atoms. The van der Waals surface area contributed by atoms with Gasteiger partial charge in [-0.3, -0.25) is 9.59 Å². The van der Waals surface area contributed by atoms with Crippen LogP contribution in [0.3, 0.4) is 0 Å². The van der Waals surface area contributed by atoms with Gasteiger partial charge in [0.1, 0.15) is 79.3 Å². The van der Waals surface area contributed by atoms with Crippen molar-refractivity contribution in [2.45, 2.75) is 52.9 Å². The maximum absolute atomic E-state index is 14.3. The molecule has 0 spiro atoms. The van der Waals surface area contributed by atoms with Crippen LogP contribution in [0.25, 0.3) is 0 Å². The van der Waals surface area contributed by atoms with Crippen LogP contribution in [0.1, 0.15) is 52.9 Å². The second kappa shape index (κ2) is 41.3. The Bertz CT molecular complexity index is 2520. The first kappa shape index (κ1) is 80.9.